The van der Waals surface area contributed by atoms with Crippen LogP contribution in [0.25, 0.3) is 11.7 Å². The van der Waals surface area contributed by atoms with Crippen molar-refractivity contribution in [1.82, 2.24) is 14.3 Å². The number of pyridine rings is 1. The Morgan fingerprint density at radius 3 is 2.74 bits per heavy atom. The summed E-state index contributed by atoms with van der Waals surface area (Å²) in [7, 11) is 0. The average Bonchev–Trinajstić information content (AvgIpc) is 3.11. The summed E-state index contributed by atoms with van der Waals surface area (Å²) < 4.78 is 7.62. The minimum atomic E-state index is -0.185. The lowest BCUT2D eigenvalue weighted by Crippen LogP contribution is -2.38. The molecular formula is C25H32N4O3S2. The van der Waals surface area contributed by atoms with Crippen LogP contribution in [0.4, 0.5) is 5.82 Å². The number of aromatic nitrogens is 2. The third kappa shape index (κ3) is 5.06. The highest BCUT2D eigenvalue weighted by molar-refractivity contribution is 8.26. The molecule has 1 amide bonds. The van der Waals surface area contributed by atoms with Gasteiger partial charge in [-0.05, 0) is 37.0 Å². The second-order valence-corrected chi connectivity index (χ2v) is 10.5. The quantitative estimate of drug-likeness (QED) is 0.396. The fourth-order valence-corrected chi connectivity index (χ4v) is 5.66. The van der Waals surface area contributed by atoms with Gasteiger partial charge in [0.25, 0.3) is 11.5 Å². The van der Waals surface area contributed by atoms with E-state index in [9.17, 15) is 9.59 Å². The molecule has 0 aliphatic carbocycles. The van der Waals surface area contributed by atoms with E-state index in [0.29, 0.717) is 65.0 Å². The zero-order valence-corrected chi connectivity index (χ0v) is 21.7. The minimum absolute atomic E-state index is 0.119. The molecule has 2 fully saturated rings. The number of hydrogen-bond acceptors (Lipinski definition) is 7. The van der Waals surface area contributed by atoms with Crippen molar-refractivity contribution in [3.8, 4) is 0 Å². The molecular weight excluding hydrogens is 468 g/mol. The number of carbonyl (C=O) groups excluding carboxylic acids is 1. The van der Waals surface area contributed by atoms with Crippen LogP contribution in [0, 0.1) is 12.8 Å². The fraction of sp³-hybridized carbons (Fsp3) is 0.520. The summed E-state index contributed by atoms with van der Waals surface area (Å²) in [6, 6.07) is 3.78. The van der Waals surface area contributed by atoms with Crippen LogP contribution < -0.4 is 10.5 Å². The predicted octanol–water partition coefficient (Wildman–Crippen LogP) is 4.26. The lowest BCUT2D eigenvalue weighted by molar-refractivity contribution is -0.122. The molecule has 0 bridgehead atoms. The Kier molecular flexibility index (Phi) is 8.06. The minimum Gasteiger partial charge on any atom is -0.378 e. The fourth-order valence-electron chi connectivity index (χ4n) is 4.41. The van der Waals surface area contributed by atoms with Gasteiger partial charge in [-0.2, -0.15) is 0 Å². The molecule has 0 spiro atoms. The van der Waals surface area contributed by atoms with E-state index in [1.165, 1.54) is 11.8 Å². The first-order valence-electron chi connectivity index (χ1n) is 12.0. The van der Waals surface area contributed by atoms with Crippen molar-refractivity contribution in [2.24, 2.45) is 5.92 Å². The summed E-state index contributed by atoms with van der Waals surface area (Å²) in [5.41, 5.74) is 1.78. The van der Waals surface area contributed by atoms with Gasteiger partial charge in [-0.15, -0.1) is 0 Å². The van der Waals surface area contributed by atoms with Crippen LogP contribution in [0.3, 0.4) is 0 Å². The van der Waals surface area contributed by atoms with Crippen molar-refractivity contribution in [2.75, 3.05) is 37.7 Å². The molecule has 2 saturated heterocycles. The van der Waals surface area contributed by atoms with E-state index in [0.717, 1.165) is 31.2 Å². The van der Waals surface area contributed by atoms with E-state index in [1.807, 2.05) is 19.1 Å². The molecule has 0 saturated carbocycles. The smallest absolute Gasteiger partial charge is 0.267 e. The van der Waals surface area contributed by atoms with Gasteiger partial charge < -0.3 is 9.64 Å². The molecule has 9 heteroatoms. The standard InChI is InChI=1S/C25H32N4O3S2/c1-4-6-9-18(5-2)16-29-24(31)20(34-25(29)33)15-19-22(27-11-13-32-14-12-27)26-21-17(3)8-7-10-28(21)23(19)30/h7-8,10,15,18H,4-6,9,11-14,16H2,1-3H3/b20-15+. The van der Waals surface area contributed by atoms with Crippen LogP contribution in [0.1, 0.15) is 50.7 Å². The Bertz CT molecular complexity index is 1170. The SMILES string of the molecule is CCCCC(CC)CN1C(=O)/C(=C\c2c(N3CCOCC3)nc3c(C)cccn3c2=O)SC1=S. The van der Waals surface area contributed by atoms with Crippen LogP contribution in [0.15, 0.2) is 28.0 Å². The zero-order valence-electron chi connectivity index (χ0n) is 20.1. The number of thioether (sulfide) groups is 1. The first-order chi connectivity index (χ1) is 16.4. The number of unbranched alkanes of at least 4 members (excludes halogenated alkanes) is 1. The van der Waals surface area contributed by atoms with Crippen molar-refractivity contribution >= 4 is 51.7 Å². The molecule has 0 aromatic carbocycles. The summed E-state index contributed by atoms with van der Waals surface area (Å²) >= 11 is 6.85. The molecule has 0 N–H and O–H groups in total. The van der Waals surface area contributed by atoms with E-state index in [2.05, 4.69) is 18.7 Å². The lowest BCUT2D eigenvalue weighted by atomic mass is 9.99. The molecule has 2 aromatic heterocycles. The van der Waals surface area contributed by atoms with Crippen LogP contribution in [-0.4, -0.2) is 57.4 Å². The number of aryl methyl sites for hydroxylation is 1. The predicted molar refractivity (Wildman–Crippen MR) is 142 cm³/mol. The molecule has 0 radical (unpaired) electrons. The summed E-state index contributed by atoms with van der Waals surface area (Å²) in [5, 5.41) is 0. The van der Waals surface area contributed by atoms with E-state index in [4.69, 9.17) is 21.9 Å². The van der Waals surface area contributed by atoms with Crippen molar-refractivity contribution in [2.45, 2.75) is 46.5 Å². The van der Waals surface area contributed by atoms with Gasteiger partial charge in [-0.1, -0.05) is 63.2 Å². The maximum absolute atomic E-state index is 13.6. The molecule has 4 rings (SSSR count). The van der Waals surface area contributed by atoms with Crippen molar-refractivity contribution in [3.05, 3.63) is 44.7 Å². The van der Waals surface area contributed by atoms with Gasteiger partial charge in [0.2, 0.25) is 0 Å². The molecule has 4 heterocycles. The molecule has 1 atom stereocenters. The van der Waals surface area contributed by atoms with Gasteiger partial charge in [-0.25, -0.2) is 4.98 Å². The maximum Gasteiger partial charge on any atom is 0.267 e. The number of ether oxygens (including phenoxy) is 1. The number of fused-ring (bicyclic) bond motifs is 1. The maximum atomic E-state index is 13.6. The van der Waals surface area contributed by atoms with Gasteiger partial charge in [0.05, 0.1) is 23.7 Å². The number of rotatable bonds is 8. The van der Waals surface area contributed by atoms with Crippen molar-refractivity contribution in [1.29, 1.82) is 0 Å². The van der Waals surface area contributed by atoms with Crippen LogP contribution in [0.2, 0.25) is 0 Å². The number of nitrogens with zero attached hydrogens (tertiary/aromatic N) is 4. The Morgan fingerprint density at radius 2 is 2.03 bits per heavy atom. The second-order valence-electron chi connectivity index (χ2n) is 8.85. The molecule has 2 aliphatic rings. The summed E-state index contributed by atoms with van der Waals surface area (Å²) in [6.45, 7) is 9.35. The zero-order chi connectivity index (χ0) is 24.2. The summed E-state index contributed by atoms with van der Waals surface area (Å²) in [6.07, 6.45) is 7.79. The lowest BCUT2D eigenvalue weighted by Gasteiger charge is -2.29. The van der Waals surface area contributed by atoms with Crippen LogP contribution in [0.5, 0.6) is 0 Å². The van der Waals surface area contributed by atoms with Crippen LogP contribution in [-0.2, 0) is 9.53 Å². The normalized spacial score (nSPS) is 19.0. The monoisotopic (exact) mass is 500 g/mol. The highest BCUT2D eigenvalue weighted by Gasteiger charge is 2.34. The number of thiocarbonyl (C=S) groups is 1. The molecule has 2 aliphatic heterocycles. The summed E-state index contributed by atoms with van der Waals surface area (Å²) in [4.78, 5) is 36.1. The van der Waals surface area contributed by atoms with Crippen molar-refractivity contribution in [3.63, 3.8) is 0 Å². The first kappa shape index (κ1) is 24.9. The molecule has 1 unspecified atom stereocenters. The number of hydrogen-bond donors (Lipinski definition) is 0. The van der Waals surface area contributed by atoms with Crippen LogP contribution >= 0.6 is 24.0 Å². The Balaban J connectivity index is 1.73. The van der Waals surface area contributed by atoms with E-state index in [-0.39, 0.29) is 11.5 Å². The Morgan fingerprint density at radius 1 is 1.26 bits per heavy atom. The van der Waals surface area contributed by atoms with E-state index in [1.54, 1.807) is 21.6 Å². The highest BCUT2D eigenvalue weighted by atomic mass is 32.2. The Hall–Kier alpha value is -2.23. The third-order valence-electron chi connectivity index (χ3n) is 6.51. The first-order valence-corrected chi connectivity index (χ1v) is 13.3. The van der Waals surface area contributed by atoms with Crippen molar-refractivity contribution < 1.29 is 9.53 Å². The number of anilines is 1. The number of morpholine rings is 1. The molecule has 2 aromatic rings. The average molecular weight is 501 g/mol. The van der Waals surface area contributed by atoms with E-state index >= 15 is 0 Å². The van der Waals surface area contributed by atoms with Gasteiger partial charge in [0.15, 0.2) is 0 Å². The molecule has 7 nitrogen and oxygen atoms in total. The topological polar surface area (TPSA) is 67.2 Å². The van der Waals surface area contributed by atoms with Gasteiger partial charge in [0, 0.05) is 25.8 Å². The van der Waals surface area contributed by atoms with Gasteiger partial charge in [-0.3, -0.25) is 18.9 Å². The van der Waals surface area contributed by atoms with E-state index < -0.39 is 0 Å². The highest BCUT2D eigenvalue weighted by Crippen LogP contribution is 2.35. The summed E-state index contributed by atoms with van der Waals surface area (Å²) in [5.74, 6) is 0.899. The third-order valence-corrected chi connectivity index (χ3v) is 7.89. The molecule has 34 heavy (non-hydrogen) atoms. The molecule has 182 valence electrons. The van der Waals surface area contributed by atoms with Gasteiger partial charge >= 0.3 is 0 Å². The number of carbonyl (C=O) groups is 1. The second kappa shape index (κ2) is 11.0. The largest absolute Gasteiger partial charge is 0.378 e. The number of amides is 1. The van der Waals surface area contributed by atoms with Gasteiger partial charge in [0.1, 0.15) is 15.8 Å². The Labute approximate surface area is 210 Å².